The first-order chi connectivity index (χ1) is 7.09. The lowest BCUT2D eigenvalue weighted by atomic mass is 10.2. The van der Waals surface area contributed by atoms with Gasteiger partial charge in [0.1, 0.15) is 0 Å². The van der Waals surface area contributed by atoms with Crippen molar-refractivity contribution < 1.29 is 9.59 Å². The molecule has 0 bridgehead atoms. The number of nitrogens with one attached hydrogen (secondary N) is 2. The lowest BCUT2D eigenvalue weighted by molar-refractivity contribution is -0.136. The normalized spacial score (nSPS) is 17.0. The van der Waals surface area contributed by atoms with Crippen LogP contribution in [0.5, 0.6) is 0 Å². The quantitative estimate of drug-likeness (QED) is 0.642. The molecule has 1 aliphatic heterocycles. The van der Waals surface area contributed by atoms with Crippen LogP contribution in [-0.4, -0.2) is 49.4 Å². The summed E-state index contributed by atoms with van der Waals surface area (Å²) < 4.78 is 0. The smallest absolute Gasteiger partial charge is 0.239 e. The lowest BCUT2D eigenvalue weighted by Gasteiger charge is -2.26. The maximum Gasteiger partial charge on any atom is 0.239 e. The van der Waals surface area contributed by atoms with Crippen LogP contribution in [0.4, 0.5) is 0 Å². The average molecular weight is 213 g/mol. The number of amides is 2. The van der Waals surface area contributed by atoms with Gasteiger partial charge in [-0.05, 0) is 5.92 Å². The molecule has 0 saturated carbocycles. The van der Waals surface area contributed by atoms with Gasteiger partial charge in [0.25, 0.3) is 0 Å². The van der Waals surface area contributed by atoms with Gasteiger partial charge in [-0.15, -0.1) is 0 Å². The molecule has 1 saturated heterocycles. The van der Waals surface area contributed by atoms with E-state index >= 15 is 0 Å². The molecule has 1 heterocycles. The first-order valence-electron chi connectivity index (χ1n) is 5.35. The first kappa shape index (κ1) is 12.0. The highest BCUT2D eigenvalue weighted by Gasteiger charge is 2.19. The summed E-state index contributed by atoms with van der Waals surface area (Å²) >= 11 is 0. The standard InChI is InChI=1S/C10H19N3O2/c1-8(2)5-12-9(14)7-13-4-3-11-6-10(13)15/h8,11H,3-7H2,1-2H3,(H,12,14). The zero-order chi connectivity index (χ0) is 11.3. The molecule has 1 fully saturated rings. The van der Waals surface area contributed by atoms with Crippen molar-refractivity contribution in [2.45, 2.75) is 13.8 Å². The van der Waals surface area contributed by atoms with Crippen LogP contribution in [0.1, 0.15) is 13.8 Å². The molecule has 0 aromatic rings. The fraction of sp³-hybridized carbons (Fsp3) is 0.800. The molecule has 0 spiro atoms. The molecule has 0 atom stereocenters. The minimum absolute atomic E-state index is 0.000877. The molecule has 86 valence electrons. The molecule has 2 N–H and O–H groups in total. The molecule has 0 aliphatic carbocycles. The van der Waals surface area contributed by atoms with Crippen LogP contribution in [0.2, 0.25) is 0 Å². The van der Waals surface area contributed by atoms with Crippen LogP contribution >= 0.6 is 0 Å². The maximum absolute atomic E-state index is 11.4. The fourth-order valence-corrected chi connectivity index (χ4v) is 1.36. The summed E-state index contributed by atoms with van der Waals surface area (Å²) in [6.07, 6.45) is 0. The highest BCUT2D eigenvalue weighted by molar-refractivity contribution is 5.86. The Bertz CT molecular complexity index is 241. The average Bonchev–Trinajstić information content (AvgIpc) is 2.18. The summed E-state index contributed by atoms with van der Waals surface area (Å²) in [4.78, 5) is 24.4. The van der Waals surface area contributed by atoms with Crippen LogP contribution in [0, 0.1) is 5.92 Å². The Hall–Kier alpha value is -1.10. The van der Waals surface area contributed by atoms with Gasteiger partial charge in [0.15, 0.2) is 0 Å². The largest absolute Gasteiger partial charge is 0.354 e. The SMILES string of the molecule is CC(C)CNC(=O)CN1CCNCC1=O. The molecular formula is C10H19N3O2. The van der Waals surface area contributed by atoms with Crippen molar-refractivity contribution in [2.24, 2.45) is 5.92 Å². The van der Waals surface area contributed by atoms with Gasteiger partial charge in [0.05, 0.1) is 13.1 Å². The summed E-state index contributed by atoms with van der Waals surface area (Å²) in [6.45, 7) is 6.66. The van der Waals surface area contributed by atoms with Gasteiger partial charge in [0, 0.05) is 19.6 Å². The van der Waals surface area contributed by atoms with Gasteiger partial charge in [0.2, 0.25) is 11.8 Å². The Balaban J connectivity index is 2.27. The zero-order valence-electron chi connectivity index (χ0n) is 9.38. The topological polar surface area (TPSA) is 61.4 Å². The van der Waals surface area contributed by atoms with E-state index in [0.717, 1.165) is 6.54 Å². The van der Waals surface area contributed by atoms with E-state index in [0.29, 0.717) is 25.6 Å². The van der Waals surface area contributed by atoms with Crippen molar-refractivity contribution in [2.75, 3.05) is 32.7 Å². The Morgan fingerprint density at radius 1 is 1.60 bits per heavy atom. The van der Waals surface area contributed by atoms with Crippen molar-refractivity contribution in [1.82, 2.24) is 15.5 Å². The number of hydrogen-bond acceptors (Lipinski definition) is 3. The molecule has 0 aromatic heterocycles. The minimum Gasteiger partial charge on any atom is -0.354 e. The van der Waals surface area contributed by atoms with Crippen LogP contribution in [0.25, 0.3) is 0 Å². The second kappa shape index (κ2) is 5.70. The minimum atomic E-state index is -0.0704. The fourth-order valence-electron chi connectivity index (χ4n) is 1.36. The third kappa shape index (κ3) is 4.29. The number of piperazine rings is 1. The summed E-state index contributed by atoms with van der Waals surface area (Å²) in [5.74, 6) is 0.368. The Morgan fingerprint density at radius 3 is 2.93 bits per heavy atom. The molecule has 5 nitrogen and oxygen atoms in total. The predicted molar refractivity (Wildman–Crippen MR) is 57.3 cm³/mol. The van der Waals surface area contributed by atoms with Gasteiger partial charge in [-0.2, -0.15) is 0 Å². The number of hydrogen-bond donors (Lipinski definition) is 2. The first-order valence-corrected chi connectivity index (χ1v) is 5.35. The van der Waals surface area contributed by atoms with E-state index in [4.69, 9.17) is 0 Å². The van der Waals surface area contributed by atoms with Crippen LogP contribution in [-0.2, 0) is 9.59 Å². The van der Waals surface area contributed by atoms with Crippen molar-refractivity contribution >= 4 is 11.8 Å². The Labute approximate surface area is 90.2 Å². The highest BCUT2D eigenvalue weighted by Crippen LogP contribution is 1.94. The summed E-state index contributed by atoms with van der Waals surface area (Å²) in [7, 11) is 0. The molecule has 0 aromatic carbocycles. The molecule has 1 rings (SSSR count). The number of carbonyl (C=O) groups excluding carboxylic acids is 2. The van der Waals surface area contributed by atoms with E-state index in [1.54, 1.807) is 4.90 Å². The van der Waals surface area contributed by atoms with E-state index in [1.165, 1.54) is 0 Å². The van der Waals surface area contributed by atoms with E-state index in [1.807, 2.05) is 13.8 Å². The summed E-state index contributed by atoms with van der Waals surface area (Å²) in [6, 6.07) is 0. The summed E-state index contributed by atoms with van der Waals surface area (Å²) in [5, 5.41) is 5.76. The second-order valence-electron chi connectivity index (χ2n) is 4.19. The van der Waals surface area contributed by atoms with Crippen molar-refractivity contribution in [3.63, 3.8) is 0 Å². The molecule has 1 aliphatic rings. The molecule has 0 unspecified atom stereocenters. The van der Waals surface area contributed by atoms with E-state index in [-0.39, 0.29) is 18.4 Å². The zero-order valence-corrected chi connectivity index (χ0v) is 9.38. The number of carbonyl (C=O) groups is 2. The van der Waals surface area contributed by atoms with Gasteiger partial charge >= 0.3 is 0 Å². The van der Waals surface area contributed by atoms with Crippen LogP contribution < -0.4 is 10.6 Å². The Morgan fingerprint density at radius 2 is 2.33 bits per heavy atom. The van der Waals surface area contributed by atoms with Crippen LogP contribution in [0.3, 0.4) is 0 Å². The van der Waals surface area contributed by atoms with E-state index in [9.17, 15) is 9.59 Å². The molecule has 2 amide bonds. The second-order valence-corrected chi connectivity index (χ2v) is 4.19. The predicted octanol–water partition coefficient (Wildman–Crippen LogP) is -0.810. The monoisotopic (exact) mass is 213 g/mol. The van der Waals surface area contributed by atoms with Crippen molar-refractivity contribution in [3.05, 3.63) is 0 Å². The summed E-state index contributed by atoms with van der Waals surface area (Å²) in [5.41, 5.74) is 0. The number of rotatable bonds is 4. The molecular weight excluding hydrogens is 194 g/mol. The maximum atomic E-state index is 11.4. The third-order valence-corrected chi connectivity index (χ3v) is 2.23. The Kier molecular flexibility index (Phi) is 4.55. The number of nitrogens with zero attached hydrogens (tertiary/aromatic N) is 1. The van der Waals surface area contributed by atoms with Crippen molar-refractivity contribution in [3.8, 4) is 0 Å². The van der Waals surface area contributed by atoms with Gasteiger partial charge in [-0.25, -0.2) is 0 Å². The molecule has 15 heavy (non-hydrogen) atoms. The molecule has 5 heteroatoms. The third-order valence-electron chi connectivity index (χ3n) is 2.23. The van der Waals surface area contributed by atoms with Crippen LogP contribution in [0.15, 0.2) is 0 Å². The highest BCUT2D eigenvalue weighted by atomic mass is 16.2. The van der Waals surface area contributed by atoms with Gasteiger partial charge < -0.3 is 15.5 Å². The van der Waals surface area contributed by atoms with Crippen molar-refractivity contribution in [1.29, 1.82) is 0 Å². The molecule has 0 radical (unpaired) electrons. The van der Waals surface area contributed by atoms with Gasteiger partial charge in [-0.1, -0.05) is 13.8 Å². The van der Waals surface area contributed by atoms with E-state index in [2.05, 4.69) is 10.6 Å². The van der Waals surface area contributed by atoms with E-state index < -0.39 is 0 Å². The van der Waals surface area contributed by atoms with Gasteiger partial charge in [-0.3, -0.25) is 9.59 Å². The lowest BCUT2D eigenvalue weighted by Crippen LogP contribution is -2.51.